The molecule has 0 spiro atoms. The van der Waals surface area contributed by atoms with Crippen LogP contribution in [0, 0.1) is 5.92 Å². The SMILES string of the molecule is CC1CC1.COc1ccc(C2=NC(=S(=O)=O)N=C2c2ccc(OC)cc2)cc1. The molecule has 2 aliphatic rings. The van der Waals surface area contributed by atoms with E-state index in [1.54, 1.807) is 38.5 Å². The second kappa shape index (κ2) is 8.84. The van der Waals surface area contributed by atoms with E-state index in [1.807, 2.05) is 24.3 Å². The van der Waals surface area contributed by atoms with Crippen LogP contribution in [0.2, 0.25) is 0 Å². The van der Waals surface area contributed by atoms with Gasteiger partial charge < -0.3 is 9.47 Å². The van der Waals surface area contributed by atoms with Gasteiger partial charge in [0.2, 0.25) is 0 Å². The summed E-state index contributed by atoms with van der Waals surface area (Å²) in [6, 6.07) is 14.4. The third kappa shape index (κ3) is 4.86. The average molecular weight is 398 g/mol. The molecule has 2 aromatic carbocycles. The Balaban J connectivity index is 0.000000500. The van der Waals surface area contributed by atoms with Crippen LogP contribution >= 0.6 is 0 Å². The molecule has 0 radical (unpaired) electrons. The van der Waals surface area contributed by atoms with Gasteiger partial charge in [0.15, 0.2) is 0 Å². The summed E-state index contributed by atoms with van der Waals surface area (Å²) in [5, 5.41) is -0.230. The van der Waals surface area contributed by atoms with Crippen LogP contribution in [0.4, 0.5) is 0 Å². The zero-order valence-electron chi connectivity index (χ0n) is 16.0. The van der Waals surface area contributed by atoms with Crippen molar-refractivity contribution in [2.45, 2.75) is 19.8 Å². The van der Waals surface area contributed by atoms with Crippen molar-refractivity contribution in [3.8, 4) is 11.5 Å². The molecule has 1 aliphatic carbocycles. The summed E-state index contributed by atoms with van der Waals surface area (Å²) < 4.78 is 32.8. The smallest absolute Gasteiger partial charge is 0.277 e. The van der Waals surface area contributed by atoms with Crippen LogP contribution in [-0.2, 0) is 10.3 Å². The Bertz CT molecular complexity index is 959. The summed E-state index contributed by atoms with van der Waals surface area (Å²) in [7, 11) is 0.665. The van der Waals surface area contributed by atoms with E-state index in [4.69, 9.17) is 9.47 Å². The number of hydrogen-bond donors (Lipinski definition) is 0. The van der Waals surface area contributed by atoms with E-state index in [0.29, 0.717) is 22.9 Å². The summed E-state index contributed by atoms with van der Waals surface area (Å²) in [5.74, 6) is 2.49. The van der Waals surface area contributed by atoms with Crippen molar-refractivity contribution in [3.63, 3.8) is 0 Å². The van der Waals surface area contributed by atoms with E-state index in [-0.39, 0.29) is 5.11 Å². The Kier molecular flexibility index (Phi) is 6.26. The standard InChI is InChI=1S/C17H14N2O4S.C4H8/c1-22-13-7-3-11(4-8-13)15-16(19-17(18-15)24(20)21)12-5-9-14(23-2)10-6-12;1-4-2-3-4/h3-10H,1-2H3;4H,2-3H2,1H3. The minimum absolute atomic E-state index is 0.230. The van der Waals surface area contributed by atoms with Gasteiger partial charge in [0.05, 0.1) is 14.2 Å². The molecule has 0 N–H and O–H groups in total. The van der Waals surface area contributed by atoms with Gasteiger partial charge in [-0.05, 0) is 54.4 Å². The van der Waals surface area contributed by atoms with E-state index >= 15 is 0 Å². The van der Waals surface area contributed by atoms with Gasteiger partial charge in [-0.15, -0.1) is 0 Å². The second-order valence-corrected chi connectivity index (χ2v) is 7.41. The van der Waals surface area contributed by atoms with Crippen molar-refractivity contribution >= 4 is 26.8 Å². The normalized spacial score (nSPS) is 15.2. The molecular formula is C21H22N2O4S. The van der Waals surface area contributed by atoms with E-state index in [0.717, 1.165) is 17.0 Å². The third-order valence-electron chi connectivity index (χ3n) is 4.38. The second-order valence-electron chi connectivity index (χ2n) is 6.58. The van der Waals surface area contributed by atoms with Gasteiger partial charge in [-0.25, -0.2) is 9.98 Å². The van der Waals surface area contributed by atoms with Crippen LogP contribution in [0.1, 0.15) is 30.9 Å². The van der Waals surface area contributed by atoms with Crippen LogP contribution in [0.5, 0.6) is 11.5 Å². The molecule has 6 nitrogen and oxygen atoms in total. The zero-order chi connectivity index (χ0) is 20.1. The fraction of sp³-hybridized carbons (Fsp3) is 0.286. The largest absolute Gasteiger partial charge is 0.497 e. The summed E-state index contributed by atoms with van der Waals surface area (Å²) >= 11 is 0. The highest BCUT2D eigenvalue weighted by Crippen LogP contribution is 2.26. The van der Waals surface area contributed by atoms with Crippen LogP contribution in [0.15, 0.2) is 58.5 Å². The lowest BCUT2D eigenvalue weighted by Crippen LogP contribution is -2.13. The number of nitrogens with zero attached hydrogens (tertiary/aromatic N) is 2. The molecule has 1 aliphatic heterocycles. The lowest BCUT2D eigenvalue weighted by Gasteiger charge is -2.07. The number of rotatable bonds is 4. The molecule has 146 valence electrons. The fourth-order valence-electron chi connectivity index (χ4n) is 2.46. The van der Waals surface area contributed by atoms with Gasteiger partial charge >= 0.3 is 0 Å². The first-order chi connectivity index (χ1) is 13.5. The molecular weight excluding hydrogens is 376 g/mol. The highest BCUT2D eigenvalue weighted by atomic mass is 32.2. The monoisotopic (exact) mass is 398 g/mol. The van der Waals surface area contributed by atoms with Gasteiger partial charge in [0.25, 0.3) is 15.4 Å². The van der Waals surface area contributed by atoms with E-state index in [1.165, 1.54) is 12.8 Å². The molecule has 0 bridgehead atoms. The van der Waals surface area contributed by atoms with Gasteiger partial charge in [-0.3, -0.25) is 0 Å². The topological polar surface area (TPSA) is 77.3 Å². The minimum atomic E-state index is -2.50. The maximum atomic E-state index is 11.3. The predicted octanol–water partition coefficient (Wildman–Crippen LogP) is 3.38. The van der Waals surface area contributed by atoms with Crippen LogP contribution < -0.4 is 9.47 Å². The van der Waals surface area contributed by atoms with E-state index in [9.17, 15) is 8.42 Å². The number of benzene rings is 2. The Morgan fingerprint density at radius 1 is 0.786 bits per heavy atom. The number of methoxy groups -OCH3 is 2. The molecule has 0 amide bonds. The predicted molar refractivity (Wildman–Crippen MR) is 111 cm³/mol. The molecule has 0 unspecified atom stereocenters. The van der Waals surface area contributed by atoms with Crippen molar-refractivity contribution in [1.82, 2.24) is 0 Å². The molecule has 0 atom stereocenters. The number of aliphatic imine (C=N–C) groups is 2. The maximum Gasteiger partial charge on any atom is 0.277 e. The van der Waals surface area contributed by atoms with Gasteiger partial charge in [0, 0.05) is 11.1 Å². The van der Waals surface area contributed by atoms with E-state index < -0.39 is 10.3 Å². The summed E-state index contributed by atoms with van der Waals surface area (Å²) in [6.07, 6.45) is 2.97. The van der Waals surface area contributed by atoms with Crippen molar-refractivity contribution in [1.29, 1.82) is 0 Å². The van der Waals surface area contributed by atoms with Crippen molar-refractivity contribution < 1.29 is 17.9 Å². The number of ether oxygens (including phenoxy) is 2. The molecule has 1 saturated carbocycles. The minimum Gasteiger partial charge on any atom is -0.497 e. The van der Waals surface area contributed by atoms with Crippen LogP contribution in [0.3, 0.4) is 0 Å². The molecule has 28 heavy (non-hydrogen) atoms. The molecule has 4 rings (SSSR count). The van der Waals surface area contributed by atoms with Gasteiger partial charge in [-0.2, -0.15) is 8.42 Å². The molecule has 0 saturated heterocycles. The Morgan fingerprint density at radius 3 is 1.39 bits per heavy atom. The summed E-state index contributed by atoms with van der Waals surface area (Å²) in [5.41, 5.74) is 2.51. The third-order valence-corrected chi connectivity index (χ3v) is 4.86. The molecule has 0 aromatic heterocycles. The molecule has 1 heterocycles. The summed E-state index contributed by atoms with van der Waals surface area (Å²) in [4.78, 5) is 8.32. The average Bonchev–Trinajstić information content (AvgIpc) is 3.38. The quantitative estimate of drug-likeness (QED) is 0.740. The van der Waals surface area contributed by atoms with Gasteiger partial charge in [0.1, 0.15) is 22.9 Å². The molecule has 2 aromatic rings. The highest BCUT2D eigenvalue weighted by molar-refractivity contribution is 7.73. The maximum absolute atomic E-state index is 11.3. The number of hydrogen-bond acceptors (Lipinski definition) is 4. The van der Waals surface area contributed by atoms with Crippen molar-refractivity contribution in [2.75, 3.05) is 14.2 Å². The lowest BCUT2D eigenvalue weighted by molar-refractivity contribution is 0.414. The Labute approximate surface area is 166 Å². The first-order valence-corrected chi connectivity index (χ1v) is 10.0. The zero-order valence-corrected chi connectivity index (χ0v) is 16.9. The summed E-state index contributed by atoms with van der Waals surface area (Å²) in [6.45, 7) is 2.28. The van der Waals surface area contributed by atoms with E-state index in [2.05, 4.69) is 16.9 Å². The first-order valence-electron chi connectivity index (χ1n) is 8.94. The van der Waals surface area contributed by atoms with Crippen molar-refractivity contribution in [2.24, 2.45) is 15.9 Å². The highest BCUT2D eigenvalue weighted by Gasteiger charge is 2.22. The van der Waals surface area contributed by atoms with Gasteiger partial charge in [-0.1, -0.05) is 19.8 Å². The Hall–Kier alpha value is -2.93. The molecule has 1 fully saturated rings. The van der Waals surface area contributed by atoms with Crippen LogP contribution in [0.25, 0.3) is 0 Å². The van der Waals surface area contributed by atoms with Crippen molar-refractivity contribution in [3.05, 3.63) is 59.7 Å². The van der Waals surface area contributed by atoms with Crippen LogP contribution in [-0.4, -0.2) is 39.2 Å². The first kappa shape index (κ1) is 19.8. The molecule has 7 heteroatoms. The fourth-order valence-corrected chi connectivity index (χ4v) is 2.80. The Morgan fingerprint density at radius 2 is 1.14 bits per heavy atom. The lowest BCUT2D eigenvalue weighted by atomic mass is 10.00.